The number of carbonyl (C=O) groups is 1. The van der Waals surface area contributed by atoms with Gasteiger partial charge >= 0.3 is 5.97 Å². The van der Waals surface area contributed by atoms with Crippen molar-refractivity contribution >= 4 is 5.97 Å². The van der Waals surface area contributed by atoms with Crippen LogP contribution in [0.3, 0.4) is 0 Å². The topological polar surface area (TPSA) is 52.3 Å². The van der Waals surface area contributed by atoms with E-state index in [0.29, 0.717) is 12.3 Å². The standard InChI is InChI=1S/C12H23NO2/c1-8(11(13)9-5-6-9)7-10(14)15-12(2,3)4/h8-9,11H,5-7,13H2,1-4H3/t8-,11?/m0/s1. The summed E-state index contributed by atoms with van der Waals surface area (Å²) in [5.41, 5.74) is 5.64. The Balaban J connectivity index is 2.30. The van der Waals surface area contributed by atoms with Gasteiger partial charge < -0.3 is 10.5 Å². The van der Waals surface area contributed by atoms with Crippen molar-refractivity contribution in [3.8, 4) is 0 Å². The molecule has 0 aromatic heterocycles. The highest BCUT2D eigenvalue weighted by Crippen LogP contribution is 2.35. The van der Waals surface area contributed by atoms with E-state index in [2.05, 4.69) is 0 Å². The van der Waals surface area contributed by atoms with E-state index < -0.39 is 0 Å². The molecule has 3 nitrogen and oxygen atoms in total. The van der Waals surface area contributed by atoms with Crippen LogP contribution < -0.4 is 5.73 Å². The van der Waals surface area contributed by atoms with E-state index >= 15 is 0 Å². The average molecular weight is 213 g/mol. The summed E-state index contributed by atoms with van der Waals surface area (Å²) in [7, 11) is 0. The molecule has 1 aliphatic rings. The van der Waals surface area contributed by atoms with Crippen LogP contribution in [0, 0.1) is 11.8 Å². The number of hydrogen-bond acceptors (Lipinski definition) is 3. The van der Waals surface area contributed by atoms with E-state index in [9.17, 15) is 4.79 Å². The molecule has 0 spiro atoms. The first kappa shape index (κ1) is 12.5. The van der Waals surface area contributed by atoms with Gasteiger partial charge in [-0.15, -0.1) is 0 Å². The van der Waals surface area contributed by atoms with Crippen LogP contribution in [0.1, 0.15) is 47.0 Å². The molecule has 2 N–H and O–H groups in total. The molecule has 1 fully saturated rings. The van der Waals surface area contributed by atoms with Gasteiger partial charge in [0, 0.05) is 12.5 Å². The number of nitrogens with two attached hydrogens (primary N) is 1. The third-order valence-corrected chi connectivity index (χ3v) is 2.73. The fourth-order valence-corrected chi connectivity index (χ4v) is 1.73. The van der Waals surface area contributed by atoms with Gasteiger partial charge in [0.1, 0.15) is 5.60 Å². The molecule has 1 rings (SSSR count). The predicted octanol–water partition coefficient (Wildman–Crippen LogP) is 2.09. The molecule has 0 saturated heterocycles. The molecule has 15 heavy (non-hydrogen) atoms. The molecule has 1 saturated carbocycles. The fraction of sp³-hybridized carbons (Fsp3) is 0.917. The Morgan fingerprint density at radius 3 is 2.40 bits per heavy atom. The summed E-state index contributed by atoms with van der Waals surface area (Å²) in [6, 6.07) is 0.164. The molecule has 0 aliphatic heterocycles. The van der Waals surface area contributed by atoms with Gasteiger partial charge in [0.15, 0.2) is 0 Å². The predicted molar refractivity (Wildman–Crippen MR) is 60.3 cm³/mol. The summed E-state index contributed by atoms with van der Waals surface area (Å²) < 4.78 is 5.26. The van der Waals surface area contributed by atoms with E-state index in [1.54, 1.807) is 0 Å². The Bertz CT molecular complexity index is 228. The molecule has 0 aromatic rings. The van der Waals surface area contributed by atoms with Crippen LogP contribution in [0.15, 0.2) is 0 Å². The van der Waals surface area contributed by atoms with Gasteiger partial charge in [0.2, 0.25) is 0 Å². The van der Waals surface area contributed by atoms with Gasteiger partial charge in [-0.1, -0.05) is 6.92 Å². The molecule has 0 heterocycles. The maximum atomic E-state index is 11.5. The molecule has 88 valence electrons. The lowest BCUT2D eigenvalue weighted by Crippen LogP contribution is -2.33. The van der Waals surface area contributed by atoms with Crippen molar-refractivity contribution in [3.63, 3.8) is 0 Å². The van der Waals surface area contributed by atoms with Crippen molar-refractivity contribution in [2.24, 2.45) is 17.6 Å². The highest BCUT2D eigenvalue weighted by molar-refractivity contribution is 5.70. The van der Waals surface area contributed by atoms with Crippen molar-refractivity contribution in [3.05, 3.63) is 0 Å². The van der Waals surface area contributed by atoms with Crippen molar-refractivity contribution in [1.29, 1.82) is 0 Å². The number of hydrogen-bond donors (Lipinski definition) is 1. The lowest BCUT2D eigenvalue weighted by Gasteiger charge is -2.23. The molecule has 0 radical (unpaired) electrons. The van der Waals surface area contributed by atoms with Gasteiger partial charge in [0.05, 0.1) is 0 Å². The highest BCUT2D eigenvalue weighted by atomic mass is 16.6. The summed E-state index contributed by atoms with van der Waals surface area (Å²) in [5.74, 6) is 0.737. The van der Waals surface area contributed by atoms with Crippen molar-refractivity contribution < 1.29 is 9.53 Å². The minimum atomic E-state index is -0.388. The summed E-state index contributed by atoms with van der Waals surface area (Å²) in [6.45, 7) is 7.69. The van der Waals surface area contributed by atoms with Crippen molar-refractivity contribution in [2.75, 3.05) is 0 Å². The number of esters is 1. The minimum absolute atomic E-state index is 0.133. The van der Waals surface area contributed by atoms with E-state index in [4.69, 9.17) is 10.5 Å². The summed E-state index contributed by atoms with van der Waals surface area (Å²) >= 11 is 0. The SMILES string of the molecule is C[C@@H](CC(=O)OC(C)(C)C)C(N)C1CC1. The van der Waals surface area contributed by atoms with Crippen LogP contribution in [-0.2, 0) is 9.53 Å². The van der Waals surface area contributed by atoms with Crippen LogP contribution in [0.2, 0.25) is 0 Å². The number of carbonyl (C=O) groups excluding carboxylic acids is 1. The van der Waals surface area contributed by atoms with Crippen LogP contribution in [0.5, 0.6) is 0 Å². The molecule has 3 heteroatoms. The van der Waals surface area contributed by atoms with Crippen LogP contribution in [0.25, 0.3) is 0 Å². The molecule has 2 atom stereocenters. The van der Waals surface area contributed by atoms with Gasteiger partial charge in [-0.3, -0.25) is 4.79 Å². The second-order valence-electron chi connectivity index (χ2n) is 5.68. The van der Waals surface area contributed by atoms with Crippen molar-refractivity contribution in [2.45, 2.75) is 58.6 Å². The number of rotatable bonds is 4. The largest absolute Gasteiger partial charge is 0.460 e. The molecular weight excluding hydrogens is 190 g/mol. The molecule has 1 unspecified atom stereocenters. The first-order valence-electron chi connectivity index (χ1n) is 5.77. The minimum Gasteiger partial charge on any atom is -0.460 e. The quantitative estimate of drug-likeness (QED) is 0.727. The maximum absolute atomic E-state index is 11.5. The Kier molecular flexibility index (Phi) is 3.77. The molecule has 0 bridgehead atoms. The zero-order valence-corrected chi connectivity index (χ0v) is 10.2. The first-order valence-corrected chi connectivity index (χ1v) is 5.77. The van der Waals surface area contributed by atoms with E-state index in [-0.39, 0.29) is 23.5 Å². The summed E-state index contributed by atoms with van der Waals surface area (Å²) in [6.07, 6.45) is 2.88. The second-order valence-corrected chi connectivity index (χ2v) is 5.68. The lowest BCUT2D eigenvalue weighted by molar-refractivity contribution is -0.156. The smallest absolute Gasteiger partial charge is 0.306 e. The third-order valence-electron chi connectivity index (χ3n) is 2.73. The molecule has 0 aromatic carbocycles. The Labute approximate surface area is 92.4 Å². The third kappa shape index (κ3) is 4.65. The van der Waals surface area contributed by atoms with Crippen LogP contribution in [-0.4, -0.2) is 17.6 Å². The van der Waals surface area contributed by atoms with Gasteiger partial charge in [-0.25, -0.2) is 0 Å². The van der Waals surface area contributed by atoms with Crippen molar-refractivity contribution in [1.82, 2.24) is 0 Å². The van der Waals surface area contributed by atoms with E-state index in [0.717, 1.165) is 0 Å². The van der Waals surface area contributed by atoms with Gasteiger partial charge in [-0.2, -0.15) is 0 Å². The van der Waals surface area contributed by atoms with Gasteiger partial charge in [-0.05, 0) is 45.4 Å². The van der Waals surface area contributed by atoms with Crippen LogP contribution in [0.4, 0.5) is 0 Å². The van der Waals surface area contributed by atoms with E-state index in [1.807, 2.05) is 27.7 Å². The monoisotopic (exact) mass is 213 g/mol. The average Bonchev–Trinajstić information content (AvgIpc) is 2.80. The lowest BCUT2D eigenvalue weighted by atomic mass is 9.95. The zero-order chi connectivity index (χ0) is 11.6. The molecule has 0 amide bonds. The zero-order valence-electron chi connectivity index (χ0n) is 10.2. The Morgan fingerprint density at radius 1 is 1.47 bits per heavy atom. The summed E-state index contributed by atoms with van der Waals surface area (Å²) in [5, 5.41) is 0. The molecule has 1 aliphatic carbocycles. The first-order chi connectivity index (χ1) is 6.79. The van der Waals surface area contributed by atoms with Crippen LogP contribution >= 0.6 is 0 Å². The fourth-order valence-electron chi connectivity index (χ4n) is 1.73. The maximum Gasteiger partial charge on any atom is 0.306 e. The number of ether oxygens (including phenoxy) is 1. The Hall–Kier alpha value is -0.570. The normalized spacial score (nSPS) is 20.9. The highest BCUT2D eigenvalue weighted by Gasteiger charge is 2.33. The van der Waals surface area contributed by atoms with E-state index in [1.165, 1.54) is 12.8 Å². The summed E-state index contributed by atoms with van der Waals surface area (Å²) in [4.78, 5) is 11.5. The second kappa shape index (κ2) is 4.52. The molecular formula is C12H23NO2. The Morgan fingerprint density at radius 2 is 2.00 bits per heavy atom. The van der Waals surface area contributed by atoms with Gasteiger partial charge in [0.25, 0.3) is 0 Å².